The van der Waals surface area contributed by atoms with E-state index in [2.05, 4.69) is 0 Å². The number of rotatable bonds is 4. The maximum absolute atomic E-state index is 12.2. The fourth-order valence-corrected chi connectivity index (χ4v) is 1.61. The molecule has 1 aromatic rings. The number of nitrogens with zero attached hydrogens (tertiary/aromatic N) is 1. The summed E-state index contributed by atoms with van der Waals surface area (Å²) in [4.78, 5) is 12.5. The first-order valence-electron chi connectivity index (χ1n) is 5.17. The summed E-state index contributed by atoms with van der Waals surface area (Å²) in [6.45, 7) is -1.02. The molecule has 0 unspecified atom stereocenters. The number of hydrogen-bond donors (Lipinski definition) is 2. The number of hydrazine groups is 1. The summed E-state index contributed by atoms with van der Waals surface area (Å²) in [6, 6.07) is 6.39. The smallest absolute Gasteiger partial charge is 0.294 e. The molecule has 1 rings (SSSR count). The lowest BCUT2D eigenvalue weighted by Crippen LogP contribution is -2.33. The van der Waals surface area contributed by atoms with Crippen molar-refractivity contribution < 1.29 is 18.0 Å². The third-order valence-corrected chi connectivity index (χ3v) is 2.28. The molecule has 0 saturated heterocycles. The minimum Gasteiger partial charge on any atom is -0.294 e. The number of nitrogen functional groups attached to an aromatic ring is 1. The van der Waals surface area contributed by atoms with Crippen LogP contribution in [0.25, 0.3) is 0 Å². The second-order valence-corrected chi connectivity index (χ2v) is 3.92. The molecule has 0 spiro atoms. The molecule has 0 aliphatic carbocycles. The summed E-state index contributed by atoms with van der Waals surface area (Å²) >= 11 is 0. The normalized spacial score (nSPS) is 11.7. The van der Waals surface area contributed by atoms with Crippen molar-refractivity contribution in [3.05, 3.63) is 35.4 Å². The minimum absolute atomic E-state index is 0.0170. The number of halogens is 3. The lowest BCUT2D eigenvalue weighted by molar-refractivity contribution is -0.144. The first-order valence-corrected chi connectivity index (χ1v) is 5.17. The van der Waals surface area contributed by atoms with Crippen LogP contribution in [0.2, 0.25) is 0 Å². The van der Waals surface area contributed by atoms with Crippen LogP contribution in [-0.2, 0) is 6.54 Å². The van der Waals surface area contributed by atoms with Gasteiger partial charge in [-0.3, -0.25) is 15.1 Å². The maximum atomic E-state index is 12.2. The van der Waals surface area contributed by atoms with Crippen molar-refractivity contribution in [1.29, 1.82) is 0 Å². The molecule has 0 bridgehead atoms. The lowest BCUT2D eigenvalue weighted by Gasteiger charge is -2.19. The summed E-state index contributed by atoms with van der Waals surface area (Å²) in [7, 11) is 1.34. The van der Waals surface area contributed by atoms with E-state index in [-0.39, 0.29) is 12.1 Å². The Morgan fingerprint density at radius 3 is 2.56 bits per heavy atom. The van der Waals surface area contributed by atoms with Crippen molar-refractivity contribution in [1.82, 2.24) is 10.3 Å². The van der Waals surface area contributed by atoms with Crippen LogP contribution in [0, 0.1) is 0 Å². The van der Waals surface area contributed by atoms with Crippen LogP contribution in [0.3, 0.4) is 0 Å². The van der Waals surface area contributed by atoms with Gasteiger partial charge in [-0.1, -0.05) is 18.2 Å². The Kier molecular flexibility index (Phi) is 4.69. The first-order chi connectivity index (χ1) is 8.33. The van der Waals surface area contributed by atoms with Crippen molar-refractivity contribution in [2.24, 2.45) is 5.84 Å². The third kappa shape index (κ3) is 4.34. The number of benzene rings is 1. The Labute approximate surface area is 103 Å². The van der Waals surface area contributed by atoms with E-state index in [4.69, 9.17) is 5.84 Å². The standard InChI is InChI=1S/C11H14F3N3O/c1-17(7-11(12,13)14)6-8-4-2-3-5-9(8)10(18)16-15/h2-5H,6-7,15H2,1H3,(H,16,18). The molecular formula is C11H14F3N3O. The highest BCUT2D eigenvalue weighted by Crippen LogP contribution is 2.18. The van der Waals surface area contributed by atoms with Gasteiger partial charge in [-0.05, 0) is 18.7 Å². The van der Waals surface area contributed by atoms with Gasteiger partial charge in [0.05, 0.1) is 6.54 Å². The molecule has 0 fully saturated rings. The van der Waals surface area contributed by atoms with E-state index in [1.807, 2.05) is 5.43 Å². The van der Waals surface area contributed by atoms with Gasteiger partial charge in [0.1, 0.15) is 0 Å². The van der Waals surface area contributed by atoms with Crippen molar-refractivity contribution in [3.8, 4) is 0 Å². The van der Waals surface area contributed by atoms with Gasteiger partial charge in [0.2, 0.25) is 0 Å². The fraction of sp³-hybridized carbons (Fsp3) is 0.364. The van der Waals surface area contributed by atoms with Crippen LogP contribution >= 0.6 is 0 Å². The molecule has 100 valence electrons. The summed E-state index contributed by atoms with van der Waals surface area (Å²) in [6.07, 6.45) is -4.26. The fourth-order valence-electron chi connectivity index (χ4n) is 1.61. The van der Waals surface area contributed by atoms with E-state index in [1.165, 1.54) is 13.1 Å². The van der Waals surface area contributed by atoms with Crippen LogP contribution in [0.15, 0.2) is 24.3 Å². The molecule has 0 radical (unpaired) electrons. The molecule has 0 saturated carbocycles. The minimum atomic E-state index is -4.26. The Hall–Kier alpha value is -1.60. The molecule has 0 aromatic heterocycles. The van der Waals surface area contributed by atoms with E-state index < -0.39 is 18.6 Å². The Morgan fingerprint density at radius 2 is 2.00 bits per heavy atom. The third-order valence-electron chi connectivity index (χ3n) is 2.28. The second-order valence-electron chi connectivity index (χ2n) is 3.92. The van der Waals surface area contributed by atoms with Crippen molar-refractivity contribution in [3.63, 3.8) is 0 Å². The highest BCUT2D eigenvalue weighted by atomic mass is 19.4. The van der Waals surface area contributed by atoms with E-state index in [1.54, 1.807) is 18.2 Å². The molecule has 0 aliphatic heterocycles. The predicted molar refractivity (Wildman–Crippen MR) is 60.5 cm³/mol. The summed E-state index contributed by atoms with van der Waals surface area (Å²) < 4.78 is 36.6. The summed E-state index contributed by atoms with van der Waals surface area (Å²) in [5.41, 5.74) is 2.73. The molecule has 18 heavy (non-hydrogen) atoms. The van der Waals surface area contributed by atoms with Gasteiger partial charge in [-0.2, -0.15) is 13.2 Å². The van der Waals surface area contributed by atoms with Crippen LogP contribution in [-0.4, -0.2) is 30.6 Å². The number of hydrogen-bond acceptors (Lipinski definition) is 3. The van der Waals surface area contributed by atoms with Crippen LogP contribution in [0.1, 0.15) is 15.9 Å². The molecule has 0 heterocycles. The zero-order valence-electron chi connectivity index (χ0n) is 9.79. The quantitative estimate of drug-likeness (QED) is 0.488. The van der Waals surface area contributed by atoms with Gasteiger partial charge in [-0.15, -0.1) is 0 Å². The number of alkyl halides is 3. The van der Waals surface area contributed by atoms with Gasteiger partial charge in [0, 0.05) is 12.1 Å². The van der Waals surface area contributed by atoms with Crippen LogP contribution in [0.4, 0.5) is 13.2 Å². The van der Waals surface area contributed by atoms with Gasteiger partial charge in [0.25, 0.3) is 5.91 Å². The predicted octanol–water partition coefficient (Wildman–Crippen LogP) is 1.28. The summed E-state index contributed by atoms with van der Waals surface area (Å²) in [5, 5.41) is 0. The van der Waals surface area contributed by atoms with E-state index in [9.17, 15) is 18.0 Å². The maximum Gasteiger partial charge on any atom is 0.401 e. The molecular weight excluding hydrogens is 247 g/mol. The van der Waals surface area contributed by atoms with E-state index in [0.29, 0.717) is 5.56 Å². The number of carbonyl (C=O) groups excluding carboxylic acids is 1. The van der Waals surface area contributed by atoms with Crippen molar-refractivity contribution in [2.75, 3.05) is 13.6 Å². The number of nitrogens with two attached hydrogens (primary N) is 1. The molecule has 7 heteroatoms. The zero-order valence-corrected chi connectivity index (χ0v) is 9.79. The van der Waals surface area contributed by atoms with E-state index in [0.717, 1.165) is 4.90 Å². The van der Waals surface area contributed by atoms with Crippen molar-refractivity contribution >= 4 is 5.91 Å². The Balaban J connectivity index is 2.81. The number of carbonyl (C=O) groups is 1. The molecule has 0 aliphatic rings. The van der Waals surface area contributed by atoms with Gasteiger partial charge < -0.3 is 0 Å². The monoisotopic (exact) mass is 261 g/mol. The summed E-state index contributed by atoms with van der Waals surface area (Å²) in [5.74, 6) is 4.49. The zero-order chi connectivity index (χ0) is 13.8. The van der Waals surface area contributed by atoms with Crippen LogP contribution in [0.5, 0.6) is 0 Å². The largest absolute Gasteiger partial charge is 0.401 e. The lowest BCUT2D eigenvalue weighted by atomic mass is 10.1. The molecule has 1 amide bonds. The first kappa shape index (κ1) is 14.5. The molecule has 4 nitrogen and oxygen atoms in total. The van der Waals surface area contributed by atoms with Crippen molar-refractivity contribution in [2.45, 2.75) is 12.7 Å². The number of nitrogens with one attached hydrogen (secondary N) is 1. The Bertz CT molecular complexity index is 420. The van der Waals surface area contributed by atoms with Gasteiger partial charge in [-0.25, -0.2) is 5.84 Å². The molecule has 3 N–H and O–H groups in total. The average molecular weight is 261 g/mol. The second kappa shape index (κ2) is 5.83. The SMILES string of the molecule is CN(Cc1ccccc1C(=O)NN)CC(F)(F)F. The highest BCUT2D eigenvalue weighted by molar-refractivity contribution is 5.95. The van der Waals surface area contributed by atoms with Gasteiger partial charge >= 0.3 is 6.18 Å². The topological polar surface area (TPSA) is 58.4 Å². The Morgan fingerprint density at radius 1 is 1.39 bits per heavy atom. The highest BCUT2D eigenvalue weighted by Gasteiger charge is 2.29. The average Bonchev–Trinajstić information content (AvgIpc) is 2.26. The van der Waals surface area contributed by atoms with Gasteiger partial charge in [0.15, 0.2) is 0 Å². The van der Waals surface area contributed by atoms with Crippen LogP contribution < -0.4 is 11.3 Å². The molecule has 0 atom stereocenters. The number of amides is 1. The van der Waals surface area contributed by atoms with E-state index >= 15 is 0 Å². The molecule has 1 aromatic carbocycles.